The van der Waals surface area contributed by atoms with Crippen LogP contribution in [0.4, 0.5) is 0 Å². The van der Waals surface area contributed by atoms with Gasteiger partial charge in [0.2, 0.25) is 0 Å². The zero-order chi connectivity index (χ0) is 27.4. The molecule has 7 N–H and O–H groups in total. The molecule has 0 aromatic heterocycles. The van der Waals surface area contributed by atoms with Gasteiger partial charge in [-0.05, 0) is 18.8 Å². The molecule has 0 aromatic rings. The van der Waals surface area contributed by atoms with Crippen LogP contribution in [0.5, 0.6) is 0 Å². The third-order valence-corrected chi connectivity index (χ3v) is 7.39. The third-order valence-electron chi connectivity index (χ3n) is 7.39. The molecule has 11 heteroatoms. The zero-order valence-electron chi connectivity index (χ0n) is 22.3. The standard InChI is InChI=1S/C26H50O11/c1-3-5-7-8-9-10-12-16(11-6-4-2)15-34-25-23(33)21(31)24(18(14-28)36-25)37-26-22(32)20(30)19(29)17(13-27)35-26/h16-33H,3-15H2,1-2H3/t16?,17?,18?,19-,20+,21-,22?,23?,24-,25-,26+/m1/s1. The maximum atomic E-state index is 10.8. The first-order valence-electron chi connectivity index (χ1n) is 14.0. The Labute approximate surface area is 220 Å². The quantitative estimate of drug-likeness (QED) is 0.126. The molecule has 0 saturated carbocycles. The zero-order valence-corrected chi connectivity index (χ0v) is 22.3. The number of rotatable bonds is 17. The van der Waals surface area contributed by atoms with Gasteiger partial charge in [0.25, 0.3) is 0 Å². The van der Waals surface area contributed by atoms with Gasteiger partial charge in [-0.25, -0.2) is 0 Å². The van der Waals surface area contributed by atoms with Crippen molar-refractivity contribution < 1.29 is 54.7 Å². The van der Waals surface area contributed by atoms with Gasteiger partial charge in [-0.1, -0.05) is 65.2 Å². The normalized spacial score (nSPS) is 37.5. The van der Waals surface area contributed by atoms with Crippen LogP contribution < -0.4 is 0 Å². The van der Waals surface area contributed by atoms with Gasteiger partial charge in [-0.3, -0.25) is 0 Å². The molecule has 2 aliphatic rings. The molecule has 37 heavy (non-hydrogen) atoms. The Bertz CT molecular complexity index is 593. The highest BCUT2D eigenvalue weighted by Gasteiger charge is 2.50. The van der Waals surface area contributed by atoms with Crippen molar-refractivity contribution in [3.8, 4) is 0 Å². The molecule has 0 bridgehead atoms. The minimum absolute atomic E-state index is 0.287. The molecule has 5 unspecified atom stereocenters. The average molecular weight is 539 g/mol. The van der Waals surface area contributed by atoms with Gasteiger partial charge in [-0.15, -0.1) is 0 Å². The molecular weight excluding hydrogens is 488 g/mol. The van der Waals surface area contributed by atoms with Gasteiger partial charge in [0, 0.05) is 0 Å². The molecular formula is C26H50O11. The molecule has 2 fully saturated rings. The highest BCUT2D eigenvalue weighted by molar-refractivity contribution is 4.94. The van der Waals surface area contributed by atoms with Crippen LogP contribution in [-0.4, -0.2) is 117 Å². The number of hydrogen-bond donors (Lipinski definition) is 7. The molecule has 2 aliphatic heterocycles. The molecule has 220 valence electrons. The van der Waals surface area contributed by atoms with Gasteiger partial charge in [0.1, 0.15) is 48.8 Å². The first-order chi connectivity index (χ1) is 17.8. The van der Waals surface area contributed by atoms with E-state index in [9.17, 15) is 35.7 Å². The summed E-state index contributed by atoms with van der Waals surface area (Å²) in [5.74, 6) is 0.287. The molecule has 2 saturated heterocycles. The van der Waals surface area contributed by atoms with Crippen LogP contribution in [0.25, 0.3) is 0 Å². The highest BCUT2D eigenvalue weighted by Crippen LogP contribution is 2.30. The van der Waals surface area contributed by atoms with Crippen molar-refractivity contribution in [1.82, 2.24) is 0 Å². The number of hydrogen-bond acceptors (Lipinski definition) is 11. The minimum Gasteiger partial charge on any atom is -0.394 e. The maximum Gasteiger partial charge on any atom is 0.187 e. The lowest BCUT2D eigenvalue weighted by Gasteiger charge is -2.46. The summed E-state index contributed by atoms with van der Waals surface area (Å²) in [6.45, 7) is 3.45. The Hall–Kier alpha value is -0.440. The van der Waals surface area contributed by atoms with E-state index in [1.165, 1.54) is 32.1 Å². The van der Waals surface area contributed by atoms with Gasteiger partial charge < -0.3 is 54.7 Å². The lowest BCUT2D eigenvalue weighted by Crippen LogP contribution is -2.64. The largest absolute Gasteiger partial charge is 0.394 e. The summed E-state index contributed by atoms with van der Waals surface area (Å²) in [5, 5.41) is 70.9. The second-order valence-corrected chi connectivity index (χ2v) is 10.4. The molecule has 0 spiro atoms. The van der Waals surface area contributed by atoms with Crippen molar-refractivity contribution in [3.63, 3.8) is 0 Å². The van der Waals surface area contributed by atoms with Gasteiger partial charge >= 0.3 is 0 Å². The van der Waals surface area contributed by atoms with Crippen molar-refractivity contribution >= 4 is 0 Å². The topological polar surface area (TPSA) is 179 Å². The van der Waals surface area contributed by atoms with E-state index in [4.69, 9.17) is 18.9 Å². The summed E-state index contributed by atoms with van der Waals surface area (Å²) < 4.78 is 22.5. The van der Waals surface area contributed by atoms with E-state index in [-0.39, 0.29) is 5.92 Å². The molecule has 2 rings (SSSR count). The van der Waals surface area contributed by atoms with Crippen molar-refractivity contribution in [3.05, 3.63) is 0 Å². The number of unbranched alkanes of at least 4 members (excludes halogenated alkanes) is 6. The molecule has 0 amide bonds. The van der Waals surface area contributed by atoms with Crippen LogP contribution >= 0.6 is 0 Å². The van der Waals surface area contributed by atoms with Crippen molar-refractivity contribution in [2.75, 3.05) is 19.8 Å². The monoisotopic (exact) mass is 538 g/mol. The fourth-order valence-corrected chi connectivity index (χ4v) is 4.94. The molecule has 2 heterocycles. The van der Waals surface area contributed by atoms with E-state index in [0.717, 1.165) is 32.1 Å². The summed E-state index contributed by atoms with van der Waals surface area (Å²) in [6, 6.07) is 0. The van der Waals surface area contributed by atoms with Gasteiger partial charge in [0.05, 0.1) is 19.8 Å². The Kier molecular flexibility index (Phi) is 15.3. The van der Waals surface area contributed by atoms with Crippen LogP contribution in [0.1, 0.15) is 78.1 Å². The molecule has 0 aromatic carbocycles. The fourth-order valence-electron chi connectivity index (χ4n) is 4.94. The number of ether oxygens (including phenoxy) is 4. The first-order valence-corrected chi connectivity index (χ1v) is 14.0. The summed E-state index contributed by atoms with van der Waals surface area (Å²) in [4.78, 5) is 0. The van der Waals surface area contributed by atoms with Crippen LogP contribution in [0, 0.1) is 5.92 Å². The fraction of sp³-hybridized carbons (Fsp3) is 1.00. The summed E-state index contributed by atoms with van der Waals surface area (Å²) in [5.41, 5.74) is 0. The van der Waals surface area contributed by atoms with E-state index >= 15 is 0 Å². The maximum absolute atomic E-state index is 10.8. The Morgan fingerprint density at radius 3 is 1.84 bits per heavy atom. The van der Waals surface area contributed by atoms with Crippen LogP contribution in [0.3, 0.4) is 0 Å². The number of aliphatic hydroxyl groups excluding tert-OH is 7. The lowest BCUT2D eigenvalue weighted by molar-refractivity contribution is -0.360. The second kappa shape index (κ2) is 17.3. The van der Waals surface area contributed by atoms with Crippen molar-refractivity contribution in [2.24, 2.45) is 5.92 Å². The van der Waals surface area contributed by atoms with E-state index in [1.54, 1.807) is 0 Å². The molecule has 11 nitrogen and oxygen atoms in total. The molecule has 0 aliphatic carbocycles. The Morgan fingerprint density at radius 2 is 1.19 bits per heavy atom. The van der Waals surface area contributed by atoms with E-state index < -0.39 is 74.6 Å². The van der Waals surface area contributed by atoms with E-state index in [2.05, 4.69) is 13.8 Å². The predicted molar refractivity (Wildman–Crippen MR) is 133 cm³/mol. The number of aliphatic hydroxyl groups is 7. The SMILES string of the molecule is CCCCCCCCC(CCCC)CO[C@@H]1OC(CO)[C@@H](O[C@@H]2OC(CO)[C@@H](O)[C@H](O)C2O)[C@H](O)C1O. The third kappa shape index (κ3) is 9.61. The minimum atomic E-state index is -1.70. The second-order valence-electron chi connectivity index (χ2n) is 10.4. The first kappa shape index (κ1) is 32.8. The highest BCUT2D eigenvalue weighted by atomic mass is 16.7. The summed E-state index contributed by atoms with van der Waals surface area (Å²) in [6.07, 6.45) is -3.04. The van der Waals surface area contributed by atoms with Gasteiger partial charge in [-0.2, -0.15) is 0 Å². The van der Waals surface area contributed by atoms with Crippen molar-refractivity contribution in [1.29, 1.82) is 0 Å². The Balaban J connectivity index is 1.93. The van der Waals surface area contributed by atoms with E-state index in [0.29, 0.717) is 6.61 Å². The Morgan fingerprint density at radius 1 is 0.622 bits per heavy atom. The molecule has 0 radical (unpaired) electrons. The van der Waals surface area contributed by atoms with Crippen LogP contribution in [-0.2, 0) is 18.9 Å². The summed E-state index contributed by atoms with van der Waals surface area (Å²) in [7, 11) is 0. The van der Waals surface area contributed by atoms with Crippen LogP contribution in [0.15, 0.2) is 0 Å². The summed E-state index contributed by atoms with van der Waals surface area (Å²) >= 11 is 0. The molecule has 11 atom stereocenters. The van der Waals surface area contributed by atoms with Crippen molar-refractivity contribution in [2.45, 2.75) is 139 Å². The average Bonchev–Trinajstić information content (AvgIpc) is 2.90. The lowest BCUT2D eigenvalue weighted by atomic mass is 9.95. The van der Waals surface area contributed by atoms with E-state index in [1.807, 2.05) is 0 Å². The van der Waals surface area contributed by atoms with Crippen LogP contribution in [0.2, 0.25) is 0 Å². The predicted octanol–water partition coefficient (Wildman–Crippen LogP) is 0.184. The smallest absolute Gasteiger partial charge is 0.187 e. The van der Waals surface area contributed by atoms with Gasteiger partial charge in [0.15, 0.2) is 12.6 Å².